The number of esters is 1. The average molecular weight is 312 g/mol. The highest BCUT2D eigenvalue weighted by Gasteiger charge is 2.37. The van der Waals surface area contributed by atoms with E-state index < -0.39 is 5.54 Å². The Bertz CT molecular complexity index is 488. The fraction of sp³-hybridized carbons (Fsp3) is 0.562. The van der Waals surface area contributed by atoms with Crippen LogP contribution in [0.15, 0.2) is 24.3 Å². The molecule has 1 heterocycles. The van der Waals surface area contributed by atoms with Crippen molar-refractivity contribution in [2.45, 2.75) is 38.3 Å². The van der Waals surface area contributed by atoms with Crippen LogP contribution in [0.4, 0.5) is 0 Å². The lowest BCUT2D eigenvalue weighted by Crippen LogP contribution is -2.50. The topological polar surface area (TPSA) is 47.6 Å². The van der Waals surface area contributed by atoms with Gasteiger partial charge < -0.3 is 9.47 Å². The molecule has 0 spiro atoms. The van der Waals surface area contributed by atoms with Crippen molar-refractivity contribution in [1.82, 2.24) is 5.32 Å². The zero-order chi connectivity index (χ0) is 15.3. The highest BCUT2D eigenvalue weighted by molar-refractivity contribution is 6.30. The van der Waals surface area contributed by atoms with Crippen molar-refractivity contribution < 1.29 is 14.3 Å². The van der Waals surface area contributed by atoms with Crippen LogP contribution in [0.3, 0.4) is 0 Å². The molecule has 1 aromatic carbocycles. The molecule has 0 radical (unpaired) electrons. The first-order valence-electron chi connectivity index (χ1n) is 7.36. The zero-order valence-corrected chi connectivity index (χ0v) is 13.3. The number of rotatable bonds is 6. The van der Waals surface area contributed by atoms with Crippen LogP contribution in [0.5, 0.6) is 0 Å². The molecule has 0 amide bonds. The van der Waals surface area contributed by atoms with Crippen molar-refractivity contribution in [2.24, 2.45) is 0 Å². The van der Waals surface area contributed by atoms with E-state index in [1.165, 1.54) is 0 Å². The third-order valence-corrected chi connectivity index (χ3v) is 4.03. The number of ether oxygens (including phenoxy) is 2. The van der Waals surface area contributed by atoms with Crippen LogP contribution >= 0.6 is 11.6 Å². The zero-order valence-electron chi connectivity index (χ0n) is 12.5. The van der Waals surface area contributed by atoms with E-state index in [0.29, 0.717) is 18.2 Å². The lowest BCUT2D eigenvalue weighted by molar-refractivity contribution is -0.151. The molecule has 4 nitrogen and oxygen atoms in total. The largest absolute Gasteiger partial charge is 0.464 e. The summed E-state index contributed by atoms with van der Waals surface area (Å²) in [6.45, 7) is 5.38. The third-order valence-electron chi connectivity index (χ3n) is 3.79. The quantitative estimate of drug-likeness (QED) is 0.821. The van der Waals surface area contributed by atoms with Gasteiger partial charge in [-0.1, -0.05) is 23.7 Å². The van der Waals surface area contributed by atoms with Crippen LogP contribution < -0.4 is 5.32 Å². The van der Waals surface area contributed by atoms with E-state index in [4.69, 9.17) is 21.1 Å². The van der Waals surface area contributed by atoms with Crippen LogP contribution in [0, 0.1) is 0 Å². The summed E-state index contributed by atoms with van der Waals surface area (Å²) in [5.74, 6) is -0.301. The third kappa shape index (κ3) is 3.96. The predicted molar refractivity (Wildman–Crippen MR) is 82.4 cm³/mol. The Labute approximate surface area is 130 Å². The summed E-state index contributed by atoms with van der Waals surface area (Å²) in [6, 6.07) is 7.30. The highest BCUT2D eigenvalue weighted by Crippen LogP contribution is 2.26. The Morgan fingerprint density at radius 2 is 2.38 bits per heavy atom. The number of nitrogens with one attached hydrogen (secondary N) is 1. The van der Waals surface area contributed by atoms with Crippen LogP contribution in [0.25, 0.3) is 0 Å². The maximum atomic E-state index is 12.4. The van der Waals surface area contributed by atoms with E-state index in [0.717, 1.165) is 25.0 Å². The van der Waals surface area contributed by atoms with E-state index in [1.54, 1.807) is 19.1 Å². The van der Waals surface area contributed by atoms with E-state index >= 15 is 0 Å². The van der Waals surface area contributed by atoms with Crippen LogP contribution in [0.1, 0.15) is 32.3 Å². The van der Waals surface area contributed by atoms with Gasteiger partial charge in [-0.25, -0.2) is 4.79 Å². The van der Waals surface area contributed by atoms with E-state index in [-0.39, 0.29) is 12.1 Å². The lowest BCUT2D eigenvalue weighted by atomic mass is 9.91. The molecular weight excluding hydrogens is 290 g/mol. The molecule has 1 aromatic rings. The molecular formula is C16H22ClNO3. The van der Waals surface area contributed by atoms with Crippen molar-refractivity contribution in [3.8, 4) is 0 Å². The minimum atomic E-state index is -0.924. The second-order valence-electron chi connectivity index (χ2n) is 5.37. The Hall–Kier alpha value is -1.10. The molecule has 1 fully saturated rings. The highest BCUT2D eigenvalue weighted by atomic mass is 35.5. The molecule has 0 bridgehead atoms. The van der Waals surface area contributed by atoms with Gasteiger partial charge >= 0.3 is 5.97 Å². The SMILES string of the molecule is CCOC(=O)C(C)(NCC1CCCO1)c1cccc(Cl)c1. The Kier molecular flexibility index (Phi) is 5.62. The first kappa shape index (κ1) is 16.3. The molecule has 1 N–H and O–H groups in total. The maximum absolute atomic E-state index is 12.4. The monoisotopic (exact) mass is 311 g/mol. The summed E-state index contributed by atoms with van der Waals surface area (Å²) >= 11 is 6.06. The number of carbonyl (C=O) groups is 1. The van der Waals surface area contributed by atoms with Gasteiger partial charge in [0.05, 0.1) is 12.7 Å². The Balaban J connectivity index is 2.18. The molecule has 1 aliphatic rings. The average Bonchev–Trinajstić information content (AvgIpc) is 2.98. The normalized spacial score (nSPS) is 21.0. The van der Waals surface area contributed by atoms with Crippen molar-refractivity contribution >= 4 is 17.6 Å². The standard InChI is InChI=1S/C16H22ClNO3/c1-3-20-15(19)16(2,12-6-4-7-13(17)10-12)18-11-14-8-5-9-21-14/h4,6-7,10,14,18H,3,5,8-9,11H2,1-2H3. The maximum Gasteiger partial charge on any atom is 0.330 e. The van der Waals surface area contributed by atoms with Crippen LogP contribution in [-0.4, -0.2) is 31.8 Å². The Morgan fingerprint density at radius 1 is 1.57 bits per heavy atom. The van der Waals surface area contributed by atoms with E-state index in [2.05, 4.69) is 5.32 Å². The molecule has 5 heteroatoms. The molecule has 2 unspecified atom stereocenters. The molecule has 21 heavy (non-hydrogen) atoms. The van der Waals surface area contributed by atoms with Crippen molar-refractivity contribution in [1.29, 1.82) is 0 Å². The summed E-state index contributed by atoms with van der Waals surface area (Å²) in [4.78, 5) is 12.4. The first-order valence-corrected chi connectivity index (χ1v) is 7.74. The van der Waals surface area contributed by atoms with Gasteiger partial charge in [0.25, 0.3) is 0 Å². The second kappa shape index (κ2) is 7.25. The van der Waals surface area contributed by atoms with Crippen LogP contribution in [0.2, 0.25) is 5.02 Å². The smallest absolute Gasteiger partial charge is 0.330 e. The molecule has 2 rings (SSSR count). The van der Waals surface area contributed by atoms with E-state index in [1.807, 2.05) is 19.1 Å². The summed E-state index contributed by atoms with van der Waals surface area (Å²) in [5.41, 5.74) is -0.126. The lowest BCUT2D eigenvalue weighted by Gasteiger charge is -2.30. The van der Waals surface area contributed by atoms with E-state index in [9.17, 15) is 4.79 Å². The van der Waals surface area contributed by atoms with Crippen molar-refractivity contribution in [3.63, 3.8) is 0 Å². The number of benzene rings is 1. The van der Waals surface area contributed by atoms with Crippen molar-refractivity contribution in [3.05, 3.63) is 34.9 Å². The Morgan fingerprint density at radius 3 is 3.00 bits per heavy atom. The molecule has 2 atom stereocenters. The molecule has 0 aromatic heterocycles. The number of hydrogen-bond donors (Lipinski definition) is 1. The predicted octanol–water partition coefficient (Wildman–Crippen LogP) is 2.89. The van der Waals surface area contributed by atoms with Crippen LogP contribution in [-0.2, 0) is 19.8 Å². The number of carbonyl (C=O) groups excluding carboxylic acids is 1. The van der Waals surface area contributed by atoms with Gasteiger partial charge in [-0.3, -0.25) is 5.32 Å². The van der Waals surface area contributed by atoms with Gasteiger partial charge in [-0.15, -0.1) is 0 Å². The number of hydrogen-bond acceptors (Lipinski definition) is 4. The minimum Gasteiger partial charge on any atom is -0.464 e. The fourth-order valence-electron chi connectivity index (χ4n) is 2.49. The molecule has 1 saturated heterocycles. The van der Waals surface area contributed by atoms with Gasteiger partial charge in [0.1, 0.15) is 5.54 Å². The summed E-state index contributed by atoms with van der Waals surface area (Å²) in [6.07, 6.45) is 2.24. The van der Waals surface area contributed by atoms with Gasteiger partial charge in [0.15, 0.2) is 0 Å². The summed E-state index contributed by atoms with van der Waals surface area (Å²) in [5, 5.41) is 3.91. The molecule has 0 saturated carbocycles. The van der Waals surface area contributed by atoms with Gasteiger partial charge in [-0.2, -0.15) is 0 Å². The minimum absolute atomic E-state index is 0.151. The molecule has 1 aliphatic heterocycles. The molecule has 116 valence electrons. The second-order valence-corrected chi connectivity index (χ2v) is 5.81. The summed E-state index contributed by atoms with van der Waals surface area (Å²) in [7, 11) is 0. The van der Waals surface area contributed by atoms with Gasteiger partial charge in [0, 0.05) is 18.2 Å². The fourth-order valence-corrected chi connectivity index (χ4v) is 2.68. The molecule has 0 aliphatic carbocycles. The first-order chi connectivity index (χ1) is 10.1. The van der Waals surface area contributed by atoms with Gasteiger partial charge in [-0.05, 0) is 44.4 Å². The van der Waals surface area contributed by atoms with Gasteiger partial charge in [0.2, 0.25) is 0 Å². The number of halogens is 1. The summed E-state index contributed by atoms with van der Waals surface area (Å²) < 4.78 is 10.8. The van der Waals surface area contributed by atoms with Crippen molar-refractivity contribution in [2.75, 3.05) is 19.8 Å².